The van der Waals surface area contributed by atoms with E-state index in [4.69, 9.17) is 19.2 Å². The Hall–Kier alpha value is -5.36. The molecule has 18 heteroatoms. The maximum absolute atomic E-state index is 13.7. The molecule has 5 aromatic rings. The molecule has 4 aromatic heterocycles. The van der Waals surface area contributed by atoms with Crippen molar-refractivity contribution in [3.63, 3.8) is 0 Å². The molecule has 292 valence electrons. The van der Waals surface area contributed by atoms with Gasteiger partial charge in [-0.25, -0.2) is 19.6 Å². The minimum atomic E-state index is -0.716. The lowest BCUT2D eigenvalue weighted by Crippen LogP contribution is -2.51. The third kappa shape index (κ3) is 7.15. The Morgan fingerprint density at radius 2 is 1.31 bits per heavy atom. The zero-order chi connectivity index (χ0) is 39.0. The van der Waals surface area contributed by atoms with Gasteiger partial charge >= 0.3 is 12.2 Å². The number of fused-ring (bicyclic) bond motifs is 2. The number of carbonyl (C=O) groups is 4. The van der Waals surface area contributed by atoms with E-state index in [1.807, 2.05) is 13.8 Å². The molecule has 7 rings (SSSR count). The van der Waals surface area contributed by atoms with Gasteiger partial charge in [-0.3, -0.25) is 9.59 Å². The number of hydrogen-bond donors (Lipinski definition) is 4. The van der Waals surface area contributed by atoms with E-state index in [0.29, 0.717) is 24.7 Å². The van der Waals surface area contributed by atoms with Crippen molar-refractivity contribution < 1.29 is 38.1 Å². The van der Waals surface area contributed by atoms with Crippen molar-refractivity contribution in [1.82, 2.24) is 40.4 Å². The molecule has 0 bridgehead atoms. The van der Waals surface area contributed by atoms with E-state index >= 15 is 0 Å². The Bertz CT molecular complexity index is 2180. The van der Waals surface area contributed by atoms with Gasteiger partial charge in [-0.2, -0.15) is 0 Å². The maximum atomic E-state index is 13.7. The molecule has 4 N–H and O–H groups in total. The fourth-order valence-corrected chi connectivity index (χ4v) is 9.81. The second kappa shape index (κ2) is 15.8. The van der Waals surface area contributed by atoms with Gasteiger partial charge in [0.15, 0.2) is 0 Å². The number of imidazole rings is 2. The summed E-state index contributed by atoms with van der Waals surface area (Å²) in [5.41, 5.74) is 1.61. The van der Waals surface area contributed by atoms with Crippen LogP contribution in [0.15, 0.2) is 24.5 Å². The number of H-pyrrole nitrogens is 2. The predicted molar refractivity (Wildman–Crippen MR) is 207 cm³/mol. The Kier molecular flexibility index (Phi) is 10.9. The highest BCUT2D eigenvalue weighted by molar-refractivity contribution is 7.24. The van der Waals surface area contributed by atoms with Crippen molar-refractivity contribution in [2.75, 3.05) is 48.1 Å². The molecule has 0 aliphatic carbocycles. The number of alkyl carbamates (subject to hydrolysis) is 2. The number of carbonyl (C=O) groups excluding carboxylic acids is 4. The summed E-state index contributed by atoms with van der Waals surface area (Å²) in [7, 11) is 5.86. The molecule has 4 amide bonds. The minimum absolute atomic E-state index is 0.129. The number of amides is 4. The fraction of sp³-hybridized carbons (Fsp3) is 0.459. The maximum Gasteiger partial charge on any atom is 0.407 e. The SMILES string of the molecule is COC(=O)NCC(=O)N1CCC[C@H]1c1ncc(-c2cc3c(OC)c4sc(-c5cnc([C@@H]6CCCN6C(=O)C(NC(=O)OC)C(C)C)[nH]5)cc4c(OC)c3s2)[nH]1. The van der Waals surface area contributed by atoms with E-state index in [1.165, 1.54) is 14.2 Å². The Morgan fingerprint density at radius 1 is 0.800 bits per heavy atom. The number of methoxy groups -OCH3 is 4. The molecule has 2 aliphatic heterocycles. The third-order valence-corrected chi connectivity index (χ3v) is 12.5. The highest BCUT2D eigenvalue weighted by Gasteiger charge is 2.38. The molecular weight excluding hydrogens is 749 g/mol. The summed E-state index contributed by atoms with van der Waals surface area (Å²) in [5.74, 6) is 2.32. The van der Waals surface area contributed by atoms with Crippen molar-refractivity contribution in [2.45, 2.75) is 57.7 Å². The van der Waals surface area contributed by atoms with Gasteiger partial charge in [-0.1, -0.05) is 13.8 Å². The fourth-order valence-electron chi connectivity index (χ4n) is 7.50. The van der Waals surface area contributed by atoms with Crippen LogP contribution in [-0.2, 0) is 19.1 Å². The highest BCUT2D eigenvalue weighted by atomic mass is 32.1. The van der Waals surface area contributed by atoms with Crippen molar-refractivity contribution >= 4 is 66.8 Å². The summed E-state index contributed by atoms with van der Waals surface area (Å²) in [6.45, 7) is 4.78. The van der Waals surface area contributed by atoms with Crippen LogP contribution in [0.5, 0.6) is 11.5 Å². The van der Waals surface area contributed by atoms with Gasteiger partial charge in [0, 0.05) is 23.9 Å². The van der Waals surface area contributed by atoms with Gasteiger partial charge in [0.25, 0.3) is 0 Å². The second-order valence-electron chi connectivity index (χ2n) is 13.8. The number of aromatic nitrogens is 4. The molecule has 55 heavy (non-hydrogen) atoms. The van der Waals surface area contributed by atoms with Crippen molar-refractivity contribution in [3.05, 3.63) is 36.2 Å². The van der Waals surface area contributed by atoms with Gasteiger partial charge in [-0.05, 0) is 43.7 Å². The summed E-state index contributed by atoms with van der Waals surface area (Å²) >= 11 is 3.11. The largest absolute Gasteiger partial charge is 0.495 e. The Balaban J connectivity index is 1.15. The van der Waals surface area contributed by atoms with E-state index in [-0.39, 0.29) is 36.4 Å². The summed E-state index contributed by atoms with van der Waals surface area (Å²) in [5, 5.41) is 6.96. The third-order valence-electron chi connectivity index (χ3n) is 10.2. The first-order valence-corrected chi connectivity index (χ1v) is 19.7. The van der Waals surface area contributed by atoms with Crippen LogP contribution in [0.1, 0.15) is 63.3 Å². The number of likely N-dealkylation sites (tertiary alicyclic amines) is 2. The van der Waals surface area contributed by atoms with Crippen molar-refractivity contribution in [3.8, 4) is 32.6 Å². The predicted octanol–water partition coefficient (Wildman–Crippen LogP) is 5.98. The van der Waals surface area contributed by atoms with Crippen LogP contribution in [-0.4, -0.2) is 108 Å². The molecule has 2 fully saturated rings. The van der Waals surface area contributed by atoms with Gasteiger partial charge < -0.3 is 49.3 Å². The molecule has 0 spiro atoms. The Labute approximate surface area is 324 Å². The minimum Gasteiger partial charge on any atom is -0.495 e. The first-order valence-electron chi connectivity index (χ1n) is 18.0. The smallest absolute Gasteiger partial charge is 0.407 e. The summed E-state index contributed by atoms with van der Waals surface area (Å²) in [6.07, 6.45) is 5.43. The molecule has 6 heterocycles. The molecular formula is C37H44N8O8S2. The van der Waals surface area contributed by atoms with E-state index in [0.717, 1.165) is 78.5 Å². The van der Waals surface area contributed by atoms with E-state index < -0.39 is 18.2 Å². The lowest BCUT2D eigenvalue weighted by atomic mass is 10.0. The van der Waals surface area contributed by atoms with Crippen LogP contribution >= 0.6 is 22.7 Å². The summed E-state index contributed by atoms with van der Waals surface area (Å²) < 4.78 is 23.3. The average molecular weight is 793 g/mol. The van der Waals surface area contributed by atoms with Crippen LogP contribution in [0, 0.1) is 5.92 Å². The lowest BCUT2D eigenvalue weighted by Gasteiger charge is -2.30. The average Bonchev–Trinajstić information content (AvgIpc) is 4.03. The molecule has 3 atom stereocenters. The van der Waals surface area contributed by atoms with Gasteiger partial charge in [0.05, 0.1) is 83.5 Å². The van der Waals surface area contributed by atoms with Crippen LogP contribution in [0.3, 0.4) is 0 Å². The van der Waals surface area contributed by atoms with Crippen molar-refractivity contribution in [2.24, 2.45) is 5.92 Å². The zero-order valence-corrected chi connectivity index (χ0v) is 33.1. The lowest BCUT2D eigenvalue weighted by molar-refractivity contribution is -0.135. The number of thiophene rings is 2. The standard InChI is InChI=1S/C37H44N8O8S2/c1-18(2)28(43-37(49)53-6)35(47)45-12-8-10-24(45)34-39-16-22(42-34)26-14-20-30(51-4)31-19(29(50-3)32(20)55-26)13-25(54-31)21-15-38-33(41-21)23-9-7-11-44(23)27(46)17-40-36(48)52-5/h13-16,18,23-24,28H,7-12,17H2,1-6H3,(H,38,41)(H,39,42)(H,40,48)(H,43,49)/t23-,24-,28?/m0/s1. The summed E-state index contributed by atoms with van der Waals surface area (Å²) in [4.78, 5) is 71.8. The van der Waals surface area contributed by atoms with E-state index in [1.54, 1.807) is 59.1 Å². The molecule has 2 aliphatic rings. The molecule has 0 radical (unpaired) electrons. The number of hydrogen-bond acceptors (Lipinski definition) is 12. The number of benzene rings is 1. The Morgan fingerprint density at radius 3 is 1.80 bits per heavy atom. The highest BCUT2D eigenvalue weighted by Crippen LogP contribution is 2.52. The van der Waals surface area contributed by atoms with Crippen molar-refractivity contribution in [1.29, 1.82) is 0 Å². The van der Waals surface area contributed by atoms with Crippen LogP contribution in [0.4, 0.5) is 9.59 Å². The summed E-state index contributed by atoms with van der Waals surface area (Å²) in [6, 6.07) is 2.93. The number of aromatic amines is 2. The van der Waals surface area contributed by atoms with Crippen LogP contribution in [0.25, 0.3) is 41.3 Å². The molecule has 0 saturated carbocycles. The molecule has 1 unspecified atom stereocenters. The first-order chi connectivity index (χ1) is 26.6. The van der Waals surface area contributed by atoms with Crippen LogP contribution in [0.2, 0.25) is 0 Å². The van der Waals surface area contributed by atoms with E-state index in [2.05, 4.69) is 42.5 Å². The van der Waals surface area contributed by atoms with Gasteiger partial charge in [0.1, 0.15) is 35.7 Å². The second-order valence-corrected chi connectivity index (χ2v) is 15.9. The number of rotatable bonds is 11. The molecule has 2 saturated heterocycles. The number of ether oxygens (including phenoxy) is 4. The van der Waals surface area contributed by atoms with Gasteiger partial charge in [-0.15, -0.1) is 22.7 Å². The number of nitrogens with one attached hydrogen (secondary N) is 4. The molecule has 16 nitrogen and oxygen atoms in total. The quantitative estimate of drug-likeness (QED) is 0.124. The normalized spacial score (nSPS) is 17.6. The monoisotopic (exact) mass is 792 g/mol. The molecule has 1 aromatic carbocycles. The topological polar surface area (TPSA) is 193 Å². The van der Waals surface area contributed by atoms with E-state index in [9.17, 15) is 19.2 Å². The number of nitrogens with zero attached hydrogens (tertiary/aromatic N) is 4. The first kappa shape index (κ1) is 37.9. The zero-order valence-electron chi connectivity index (χ0n) is 31.4. The van der Waals surface area contributed by atoms with Gasteiger partial charge in [0.2, 0.25) is 11.8 Å². The van der Waals surface area contributed by atoms with Crippen LogP contribution < -0.4 is 20.1 Å².